The molecule has 2 rings (SSSR count). The number of carbonyl (C=O) groups is 3. The summed E-state index contributed by atoms with van der Waals surface area (Å²) < 4.78 is 11.3. The fourth-order valence-electron chi connectivity index (χ4n) is 5.91. The van der Waals surface area contributed by atoms with E-state index in [1.54, 1.807) is 0 Å². The first-order valence-corrected chi connectivity index (χ1v) is 12.9. The molecule has 0 aromatic heterocycles. The van der Waals surface area contributed by atoms with E-state index >= 15 is 0 Å². The minimum absolute atomic E-state index is 0.0394. The van der Waals surface area contributed by atoms with E-state index in [1.807, 2.05) is 19.9 Å². The maximum Gasteiger partial charge on any atom is 0.309 e. The van der Waals surface area contributed by atoms with Gasteiger partial charge in [0.1, 0.15) is 12.7 Å². The summed E-state index contributed by atoms with van der Waals surface area (Å²) in [5.74, 6) is -2.11. The van der Waals surface area contributed by atoms with Crippen molar-refractivity contribution in [3.05, 3.63) is 23.3 Å². The number of carboxylic acid groups (broad SMARTS) is 1. The number of rotatable bonds is 8. The Labute approximate surface area is 214 Å². The summed E-state index contributed by atoms with van der Waals surface area (Å²) in [5.41, 5.74) is -0.921. The van der Waals surface area contributed by atoms with E-state index in [0.717, 1.165) is 37.7 Å². The van der Waals surface area contributed by atoms with Crippen LogP contribution < -0.4 is 0 Å². The number of hydrogen-bond acceptors (Lipinski definition) is 7. The van der Waals surface area contributed by atoms with E-state index in [1.165, 1.54) is 19.4 Å². The van der Waals surface area contributed by atoms with Gasteiger partial charge in [0, 0.05) is 12.3 Å². The Morgan fingerprint density at radius 3 is 2.36 bits per heavy atom. The van der Waals surface area contributed by atoms with Gasteiger partial charge in [0.2, 0.25) is 0 Å². The van der Waals surface area contributed by atoms with Gasteiger partial charge in [-0.2, -0.15) is 0 Å². The van der Waals surface area contributed by atoms with E-state index in [9.17, 15) is 24.6 Å². The van der Waals surface area contributed by atoms with E-state index in [0.29, 0.717) is 6.42 Å². The van der Waals surface area contributed by atoms with Gasteiger partial charge in [-0.15, -0.1) is 0 Å². The summed E-state index contributed by atoms with van der Waals surface area (Å²) in [6, 6.07) is 0. The number of fused-ring (bicyclic) bond motifs is 1. The standard InChI is InChI=1S/C28H44O8/c1-18-8-7-9-20(17-35-25(32)16-27(5,34)15-24(30)31)14-23(36-19(2)29)28(6)13-12-21(26(3,4)33)22(28)11-10-18/h8,14,21-23,33-34H,7,9-13,15-17H2,1-6H3,(H,30,31)/b18-8+,20-14-/t21-,22+,23-,27+,28+/m1/s1. The van der Waals surface area contributed by atoms with Crippen LogP contribution in [0.2, 0.25) is 0 Å². The Bertz CT molecular complexity index is 878. The first-order chi connectivity index (χ1) is 16.5. The highest BCUT2D eigenvalue weighted by Crippen LogP contribution is 2.55. The zero-order valence-electron chi connectivity index (χ0n) is 22.6. The molecule has 1 saturated carbocycles. The van der Waals surface area contributed by atoms with E-state index in [2.05, 4.69) is 19.9 Å². The second-order valence-corrected chi connectivity index (χ2v) is 11.8. The lowest BCUT2D eigenvalue weighted by Gasteiger charge is -2.42. The SMILES string of the molecule is CC(=O)O[C@@H]1/C=C(\COC(=O)C[C@@](C)(O)CC(=O)O)CC/C=C(\C)CC[C@H]2[C@H](C(C)(C)O)CC[C@]12C. The van der Waals surface area contributed by atoms with Crippen LogP contribution in [0.1, 0.15) is 92.9 Å². The van der Waals surface area contributed by atoms with E-state index < -0.39 is 53.5 Å². The third-order valence-corrected chi connectivity index (χ3v) is 7.85. The van der Waals surface area contributed by atoms with Crippen LogP contribution in [0, 0.1) is 17.3 Å². The zero-order valence-corrected chi connectivity index (χ0v) is 22.6. The molecule has 0 spiro atoms. The van der Waals surface area contributed by atoms with Gasteiger partial charge in [0.15, 0.2) is 0 Å². The number of allylic oxidation sites excluding steroid dienone is 2. The van der Waals surface area contributed by atoms with Crippen molar-refractivity contribution in [3.8, 4) is 0 Å². The lowest BCUT2D eigenvalue weighted by Crippen LogP contribution is -2.43. The minimum atomic E-state index is -1.71. The maximum atomic E-state index is 12.4. The Morgan fingerprint density at radius 2 is 1.78 bits per heavy atom. The zero-order chi connectivity index (χ0) is 27.3. The Hall–Kier alpha value is -2.19. The average Bonchev–Trinajstić information content (AvgIpc) is 3.04. The third kappa shape index (κ3) is 8.44. The van der Waals surface area contributed by atoms with Crippen molar-refractivity contribution >= 4 is 17.9 Å². The molecule has 3 N–H and O–H groups in total. The van der Waals surface area contributed by atoms with Crippen LogP contribution in [0.3, 0.4) is 0 Å². The molecule has 204 valence electrons. The molecule has 0 radical (unpaired) electrons. The summed E-state index contributed by atoms with van der Waals surface area (Å²) in [5, 5.41) is 30.1. The molecule has 0 bridgehead atoms. The first kappa shape index (κ1) is 30.0. The van der Waals surface area contributed by atoms with Gasteiger partial charge in [-0.25, -0.2) is 0 Å². The van der Waals surface area contributed by atoms with Gasteiger partial charge in [0.05, 0.1) is 24.0 Å². The maximum absolute atomic E-state index is 12.4. The summed E-state index contributed by atoms with van der Waals surface area (Å²) in [7, 11) is 0. The molecular weight excluding hydrogens is 464 g/mol. The molecular formula is C28H44O8. The largest absolute Gasteiger partial charge is 0.481 e. The second kappa shape index (κ2) is 11.9. The fraction of sp³-hybridized carbons (Fsp3) is 0.750. The van der Waals surface area contributed by atoms with Crippen molar-refractivity contribution in [3.63, 3.8) is 0 Å². The summed E-state index contributed by atoms with van der Waals surface area (Å²) in [6.45, 7) is 10.5. The number of aliphatic hydroxyl groups is 2. The van der Waals surface area contributed by atoms with Gasteiger partial charge >= 0.3 is 17.9 Å². The molecule has 36 heavy (non-hydrogen) atoms. The summed E-state index contributed by atoms with van der Waals surface area (Å²) in [4.78, 5) is 35.5. The van der Waals surface area contributed by atoms with Crippen LogP contribution in [0.4, 0.5) is 0 Å². The molecule has 0 heterocycles. The monoisotopic (exact) mass is 508 g/mol. The Balaban J connectivity index is 2.35. The fourth-order valence-corrected chi connectivity index (χ4v) is 5.91. The van der Waals surface area contributed by atoms with Crippen LogP contribution >= 0.6 is 0 Å². The van der Waals surface area contributed by atoms with Gasteiger partial charge < -0.3 is 24.8 Å². The van der Waals surface area contributed by atoms with Gasteiger partial charge in [-0.1, -0.05) is 18.6 Å². The molecule has 5 atom stereocenters. The molecule has 0 aromatic carbocycles. The molecule has 0 amide bonds. The number of hydrogen-bond donors (Lipinski definition) is 3. The van der Waals surface area contributed by atoms with Crippen molar-refractivity contribution < 1.29 is 39.2 Å². The lowest BCUT2D eigenvalue weighted by molar-refractivity contribution is -0.153. The van der Waals surface area contributed by atoms with Crippen LogP contribution in [0.25, 0.3) is 0 Å². The van der Waals surface area contributed by atoms with Crippen molar-refractivity contribution in [1.82, 2.24) is 0 Å². The van der Waals surface area contributed by atoms with Crippen LogP contribution in [0.15, 0.2) is 23.3 Å². The van der Waals surface area contributed by atoms with Crippen LogP contribution in [-0.2, 0) is 23.9 Å². The van der Waals surface area contributed by atoms with E-state index in [4.69, 9.17) is 14.6 Å². The van der Waals surface area contributed by atoms with Crippen LogP contribution in [0.5, 0.6) is 0 Å². The van der Waals surface area contributed by atoms with E-state index in [-0.39, 0.29) is 18.4 Å². The van der Waals surface area contributed by atoms with Gasteiger partial charge in [-0.3, -0.25) is 14.4 Å². The predicted octanol–water partition coefficient (Wildman–Crippen LogP) is 4.33. The molecule has 0 unspecified atom stereocenters. The van der Waals surface area contributed by atoms with Crippen molar-refractivity contribution in [2.24, 2.45) is 17.3 Å². The normalized spacial score (nSPS) is 31.9. The highest BCUT2D eigenvalue weighted by atomic mass is 16.5. The smallest absolute Gasteiger partial charge is 0.309 e. The molecule has 8 heteroatoms. The van der Waals surface area contributed by atoms with Crippen LogP contribution in [-0.4, -0.2) is 57.1 Å². The molecule has 2 aliphatic carbocycles. The van der Waals surface area contributed by atoms with Gasteiger partial charge in [0.25, 0.3) is 0 Å². The number of carboxylic acids is 1. The highest BCUT2D eigenvalue weighted by molar-refractivity contribution is 5.74. The average molecular weight is 509 g/mol. The molecule has 2 aliphatic rings. The van der Waals surface area contributed by atoms with Crippen molar-refractivity contribution in [2.75, 3.05) is 6.61 Å². The number of aliphatic carboxylic acids is 1. The topological polar surface area (TPSA) is 130 Å². The Kier molecular flexibility index (Phi) is 9.93. The first-order valence-electron chi connectivity index (χ1n) is 12.9. The second-order valence-electron chi connectivity index (χ2n) is 11.8. The predicted molar refractivity (Wildman–Crippen MR) is 135 cm³/mol. The number of carbonyl (C=O) groups excluding carboxylic acids is 2. The van der Waals surface area contributed by atoms with Crippen molar-refractivity contribution in [2.45, 2.75) is 110 Å². The van der Waals surface area contributed by atoms with Gasteiger partial charge in [-0.05, 0) is 89.7 Å². The molecule has 0 aromatic rings. The summed E-state index contributed by atoms with van der Waals surface area (Å²) in [6.07, 6.45) is 7.23. The molecule has 1 fully saturated rings. The number of ether oxygens (including phenoxy) is 2. The molecule has 0 saturated heterocycles. The minimum Gasteiger partial charge on any atom is -0.481 e. The third-order valence-electron chi connectivity index (χ3n) is 7.85. The molecule has 0 aliphatic heterocycles. The summed E-state index contributed by atoms with van der Waals surface area (Å²) >= 11 is 0. The van der Waals surface area contributed by atoms with Crippen molar-refractivity contribution in [1.29, 1.82) is 0 Å². The lowest BCUT2D eigenvalue weighted by atomic mass is 9.67. The molecule has 8 nitrogen and oxygen atoms in total. The highest BCUT2D eigenvalue weighted by Gasteiger charge is 2.53. The quantitative estimate of drug-likeness (QED) is 0.326. The Morgan fingerprint density at radius 1 is 1.11 bits per heavy atom. The number of esters is 2.